The molecule has 0 aliphatic heterocycles. The molecule has 1 N–H and O–H groups in total. The van der Waals surface area contributed by atoms with Crippen molar-refractivity contribution in [2.75, 3.05) is 4.72 Å². The SMILES string of the molecule is N#Cc1cccc(S(=O)(=O)Nc2ccccc2Oc2ccccc2)c1. The molecule has 5 nitrogen and oxygen atoms in total. The minimum absolute atomic E-state index is 0.0149. The zero-order chi connectivity index (χ0) is 17.7. The van der Waals surface area contributed by atoms with Gasteiger partial charge in [0.1, 0.15) is 5.75 Å². The molecule has 25 heavy (non-hydrogen) atoms. The van der Waals surface area contributed by atoms with Crippen LogP contribution < -0.4 is 9.46 Å². The molecule has 124 valence electrons. The van der Waals surface area contributed by atoms with E-state index in [1.807, 2.05) is 24.3 Å². The van der Waals surface area contributed by atoms with Crippen molar-refractivity contribution in [2.24, 2.45) is 0 Å². The first-order valence-corrected chi connectivity index (χ1v) is 8.92. The van der Waals surface area contributed by atoms with Gasteiger partial charge in [-0.1, -0.05) is 36.4 Å². The first kappa shape index (κ1) is 16.6. The summed E-state index contributed by atoms with van der Waals surface area (Å²) in [5.74, 6) is 0.981. The zero-order valence-corrected chi connectivity index (χ0v) is 13.9. The fraction of sp³-hybridized carbons (Fsp3) is 0. The average Bonchev–Trinajstić information content (AvgIpc) is 2.64. The number of benzene rings is 3. The van der Waals surface area contributed by atoms with E-state index in [1.54, 1.807) is 42.5 Å². The van der Waals surface area contributed by atoms with Crippen molar-refractivity contribution in [2.45, 2.75) is 4.90 Å². The summed E-state index contributed by atoms with van der Waals surface area (Å²) in [5.41, 5.74) is 0.588. The summed E-state index contributed by atoms with van der Waals surface area (Å²) in [5, 5.41) is 8.94. The van der Waals surface area contributed by atoms with Crippen LogP contribution >= 0.6 is 0 Å². The molecule has 0 radical (unpaired) electrons. The quantitative estimate of drug-likeness (QED) is 0.749. The average molecular weight is 350 g/mol. The Morgan fingerprint density at radius 1 is 0.880 bits per heavy atom. The predicted molar refractivity (Wildman–Crippen MR) is 94.9 cm³/mol. The Kier molecular flexibility index (Phi) is 4.68. The molecule has 0 bridgehead atoms. The highest BCUT2D eigenvalue weighted by atomic mass is 32.2. The number of hydrogen-bond donors (Lipinski definition) is 1. The van der Waals surface area contributed by atoms with Gasteiger partial charge >= 0.3 is 0 Å². The van der Waals surface area contributed by atoms with E-state index in [1.165, 1.54) is 18.2 Å². The van der Waals surface area contributed by atoms with Gasteiger partial charge in [0.15, 0.2) is 5.75 Å². The number of rotatable bonds is 5. The van der Waals surface area contributed by atoms with E-state index in [-0.39, 0.29) is 10.5 Å². The van der Waals surface area contributed by atoms with E-state index in [0.717, 1.165) is 0 Å². The summed E-state index contributed by atoms with van der Waals surface area (Å²) in [6.45, 7) is 0. The van der Waals surface area contributed by atoms with Crippen molar-refractivity contribution in [1.82, 2.24) is 0 Å². The van der Waals surface area contributed by atoms with Crippen LogP contribution in [0.3, 0.4) is 0 Å². The molecule has 0 saturated heterocycles. The normalized spacial score (nSPS) is 10.7. The van der Waals surface area contributed by atoms with Crippen molar-refractivity contribution >= 4 is 15.7 Å². The highest BCUT2D eigenvalue weighted by Gasteiger charge is 2.17. The summed E-state index contributed by atoms with van der Waals surface area (Å²) in [7, 11) is -3.84. The lowest BCUT2D eigenvalue weighted by Gasteiger charge is -2.13. The first-order chi connectivity index (χ1) is 12.1. The van der Waals surface area contributed by atoms with Crippen LogP contribution in [-0.2, 0) is 10.0 Å². The molecular weight excluding hydrogens is 336 g/mol. The van der Waals surface area contributed by atoms with Gasteiger partial charge in [-0.2, -0.15) is 5.26 Å². The Balaban J connectivity index is 1.91. The van der Waals surface area contributed by atoms with E-state index in [0.29, 0.717) is 17.2 Å². The van der Waals surface area contributed by atoms with E-state index in [4.69, 9.17) is 10.00 Å². The molecule has 0 spiro atoms. The topological polar surface area (TPSA) is 79.2 Å². The molecule has 0 aromatic heterocycles. The zero-order valence-electron chi connectivity index (χ0n) is 13.1. The molecule has 0 atom stereocenters. The molecule has 3 aromatic carbocycles. The molecule has 3 rings (SSSR count). The van der Waals surface area contributed by atoms with Gasteiger partial charge in [-0.25, -0.2) is 8.42 Å². The Morgan fingerprint density at radius 3 is 2.36 bits per heavy atom. The molecule has 3 aromatic rings. The molecule has 0 aliphatic rings. The third-order valence-corrected chi connectivity index (χ3v) is 4.74. The standard InChI is InChI=1S/C19H14N2O3S/c20-14-15-7-6-10-17(13-15)25(22,23)21-18-11-4-5-12-19(18)24-16-8-2-1-3-9-16/h1-13,21H. The monoisotopic (exact) mass is 350 g/mol. The molecule has 0 saturated carbocycles. The maximum absolute atomic E-state index is 12.6. The Morgan fingerprint density at radius 2 is 1.60 bits per heavy atom. The van der Waals surface area contributed by atoms with Crippen molar-refractivity contribution in [1.29, 1.82) is 5.26 Å². The highest BCUT2D eigenvalue weighted by Crippen LogP contribution is 2.30. The van der Waals surface area contributed by atoms with Crippen LogP contribution in [0.15, 0.2) is 83.8 Å². The summed E-state index contributed by atoms with van der Waals surface area (Å²) >= 11 is 0. The van der Waals surface area contributed by atoms with Gasteiger partial charge in [0, 0.05) is 0 Å². The van der Waals surface area contributed by atoms with Crippen molar-refractivity contribution in [3.63, 3.8) is 0 Å². The molecule has 0 aliphatic carbocycles. The second kappa shape index (κ2) is 7.07. The summed E-state index contributed by atoms with van der Waals surface area (Å²) in [4.78, 5) is 0.0149. The number of anilines is 1. The Bertz CT molecular complexity index is 1030. The lowest BCUT2D eigenvalue weighted by atomic mass is 10.2. The minimum atomic E-state index is -3.84. The van der Waals surface area contributed by atoms with Crippen LogP contribution in [0.1, 0.15) is 5.56 Å². The van der Waals surface area contributed by atoms with Gasteiger partial charge in [0.2, 0.25) is 0 Å². The lowest BCUT2D eigenvalue weighted by Crippen LogP contribution is -2.13. The van der Waals surface area contributed by atoms with E-state index in [9.17, 15) is 8.42 Å². The van der Waals surface area contributed by atoms with Gasteiger partial charge in [-0.3, -0.25) is 4.72 Å². The highest BCUT2D eigenvalue weighted by molar-refractivity contribution is 7.92. The molecule has 0 heterocycles. The minimum Gasteiger partial charge on any atom is -0.455 e. The number of nitrogens with zero attached hydrogens (tertiary/aromatic N) is 1. The molecule has 0 unspecified atom stereocenters. The van der Waals surface area contributed by atoms with E-state index < -0.39 is 10.0 Å². The van der Waals surface area contributed by atoms with Crippen molar-refractivity contribution in [3.8, 4) is 17.6 Å². The van der Waals surface area contributed by atoms with Crippen LogP contribution in [0, 0.1) is 11.3 Å². The fourth-order valence-electron chi connectivity index (χ4n) is 2.19. The van der Waals surface area contributed by atoms with Crippen LogP contribution in [-0.4, -0.2) is 8.42 Å². The summed E-state index contributed by atoms with van der Waals surface area (Å²) in [6.07, 6.45) is 0. The second-order valence-electron chi connectivity index (χ2n) is 5.16. The van der Waals surface area contributed by atoms with Gasteiger partial charge in [0.05, 0.1) is 22.2 Å². The third-order valence-electron chi connectivity index (χ3n) is 3.38. The van der Waals surface area contributed by atoms with Gasteiger partial charge in [-0.05, 0) is 42.5 Å². The molecular formula is C19H14N2O3S. The largest absolute Gasteiger partial charge is 0.455 e. The first-order valence-electron chi connectivity index (χ1n) is 7.43. The molecule has 0 amide bonds. The number of nitriles is 1. The predicted octanol–water partition coefficient (Wildman–Crippen LogP) is 4.15. The fourth-order valence-corrected chi connectivity index (χ4v) is 3.31. The smallest absolute Gasteiger partial charge is 0.262 e. The number of hydrogen-bond acceptors (Lipinski definition) is 4. The summed E-state index contributed by atoms with van der Waals surface area (Å²) < 4.78 is 33.5. The number of para-hydroxylation sites is 3. The van der Waals surface area contributed by atoms with Crippen LogP contribution in [0.4, 0.5) is 5.69 Å². The molecule has 6 heteroatoms. The van der Waals surface area contributed by atoms with Crippen LogP contribution in [0.2, 0.25) is 0 Å². The second-order valence-corrected chi connectivity index (χ2v) is 6.84. The van der Waals surface area contributed by atoms with Crippen LogP contribution in [0.25, 0.3) is 0 Å². The van der Waals surface area contributed by atoms with Crippen molar-refractivity contribution < 1.29 is 13.2 Å². The number of sulfonamides is 1. The lowest BCUT2D eigenvalue weighted by molar-refractivity contribution is 0.485. The Labute approximate surface area is 146 Å². The van der Waals surface area contributed by atoms with Gasteiger partial charge < -0.3 is 4.74 Å². The van der Waals surface area contributed by atoms with E-state index in [2.05, 4.69) is 4.72 Å². The van der Waals surface area contributed by atoms with Gasteiger partial charge in [-0.15, -0.1) is 0 Å². The van der Waals surface area contributed by atoms with Crippen LogP contribution in [0.5, 0.6) is 11.5 Å². The maximum Gasteiger partial charge on any atom is 0.262 e. The Hall–Kier alpha value is -3.30. The maximum atomic E-state index is 12.6. The van der Waals surface area contributed by atoms with E-state index >= 15 is 0 Å². The summed E-state index contributed by atoms with van der Waals surface area (Å²) in [6, 6.07) is 23.6. The number of ether oxygens (including phenoxy) is 1. The van der Waals surface area contributed by atoms with Crippen molar-refractivity contribution in [3.05, 3.63) is 84.4 Å². The molecule has 0 fully saturated rings. The number of nitrogens with one attached hydrogen (secondary N) is 1. The third kappa shape index (κ3) is 3.97. The van der Waals surface area contributed by atoms with Gasteiger partial charge in [0.25, 0.3) is 10.0 Å².